The SMILES string of the molecule is Cc1cccc(NC(=O)N2CCc3[nH]ccc3C2)c1. The first-order valence-corrected chi connectivity index (χ1v) is 6.50. The van der Waals surface area contributed by atoms with Crippen LogP contribution in [0.5, 0.6) is 0 Å². The lowest BCUT2D eigenvalue weighted by Gasteiger charge is -2.27. The van der Waals surface area contributed by atoms with Crippen LogP contribution in [0.2, 0.25) is 0 Å². The minimum Gasteiger partial charge on any atom is -0.365 e. The Kier molecular flexibility index (Phi) is 2.99. The molecule has 98 valence electrons. The Hall–Kier alpha value is -2.23. The van der Waals surface area contributed by atoms with Gasteiger partial charge in [-0.3, -0.25) is 0 Å². The van der Waals surface area contributed by atoms with Crippen LogP contribution in [0, 0.1) is 6.92 Å². The molecule has 0 bridgehead atoms. The number of aromatic nitrogens is 1. The largest absolute Gasteiger partial charge is 0.365 e. The van der Waals surface area contributed by atoms with Gasteiger partial charge in [-0.25, -0.2) is 4.79 Å². The van der Waals surface area contributed by atoms with Gasteiger partial charge in [0.15, 0.2) is 0 Å². The minimum atomic E-state index is -0.0301. The van der Waals surface area contributed by atoms with Crippen molar-refractivity contribution in [2.45, 2.75) is 19.9 Å². The van der Waals surface area contributed by atoms with E-state index in [0.29, 0.717) is 6.54 Å². The van der Waals surface area contributed by atoms with Crippen LogP contribution in [0.4, 0.5) is 10.5 Å². The topological polar surface area (TPSA) is 48.1 Å². The van der Waals surface area contributed by atoms with Crippen LogP contribution in [0.15, 0.2) is 36.5 Å². The highest BCUT2D eigenvalue weighted by atomic mass is 16.2. The van der Waals surface area contributed by atoms with E-state index >= 15 is 0 Å². The number of hydrogen-bond donors (Lipinski definition) is 2. The van der Waals surface area contributed by atoms with Gasteiger partial charge < -0.3 is 15.2 Å². The molecule has 2 aromatic rings. The van der Waals surface area contributed by atoms with Crippen molar-refractivity contribution >= 4 is 11.7 Å². The predicted molar refractivity (Wildman–Crippen MR) is 75.1 cm³/mol. The minimum absolute atomic E-state index is 0.0301. The van der Waals surface area contributed by atoms with Crippen molar-refractivity contribution in [3.05, 3.63) is 53.3 Å². The van der Waals surface area contributed by atoms with E-state index in [2.05, 4.69) is 10.3 Å². The molecule has 0 unspecified atom stereocenters. The quantitative estimate of drug-likeness (QED) is 0.808. The molecular formula is C15H17N3O. The average Bonchev–Trinajstić information content (AvgIpc) is 2.85. The van der Waals surface area contributed by atoms with Crippen molar-refractivity contribution in [2.24, 2.45) is 0 Å². The summed E-state index contributed by atoms with van der Waals surface area (Å²) in [7, 11) is 0. The first-order valence-electron chi connectivity index (χ1n) is 6.50. The van der Waals surface area contributed by atoms with Gasteiger partial charge in [-0.1, -0.05) is 12.1 Å². The van der Waals surface area contributed by atoms with Gasteiger partial charge in [0.25, 0.3) is 0 Å². The summed E-state index contributed by atoms with van der Waals surface area (Å²) in [6, 6.07) is 9.87. The maximum Gasteiger partial charge on any atom is 0.322 e. The van der Waals surface area contributed by atoms with E-state index in [1.165, 1.54) is 11.3 Å². The maximum atomic E-state index is 12.2. The zero-order chi connectivity index (χ0) is 13.2. The zero-order valence-corrected chi connectivity index (χ0v) is 10.9. The summed E-state index contributed by atoms with van der Waals surface area (Å²) in [6.07, 6.45) is 2.83. The van der Waals surface area contributed by atoms with E-state index in [-0.39, 0.29) is 6.03 Å². The third-order valence-electron chi connectivity index (χ3n) is 3.48. The van der Waals surface area contributed by atoms with E-state index in [0.717, 1.165) is 24.2 Å². The number of nitrogens with one attached hydrogen (secondary N) is 2. The highest BCUT2D eigenvalue weighted by molar-refractivity contribution is 5.89. The number of aryl methyl sites for hydroxylation is 1. The molecule has 4 nitrogen and oxygen atoms in total. The molecule has 2 heterocycles. The second-order valence-corrected chi connectivity index (χ2v) is 4.95. The summed E-state index contributed by atoms with van der Waals surface area (Å²) < 4.78 is 0. The summed E-state index contributed by atoms with van der Waals surface area (Å²) in [5, 5.41) is 2.95. The van der Waals surface area contributed by atoms with Gasteiger partial charge >= 0.3 is 6.03 Å². The van der Waals surface area contributed by atoms with Gasteiger partial charge in [0.05, 0.1) is 0 Å². The average molecular weight is 255 g/mol. The first-order chi connectivity index (χ1) is 9.22. The number of fused-ring (bicyclic) bond motifs is 1. The molecule has 1 aliphatic rings. The fourth-order valence-corrected chi connectivity index (χ4v) is 2.45. The van der Waals surface area contributed by atoms with Gasteiger partial charge in [-0.05, 0) is 36.2 Å². The van der Waals surface area contributed by atoms with Crippen molar-refractivity contribution in [1.29, 1.82) is 0 Å². The Bertz CT molecular complexity index is 603. The van der Waals surface area contributed by atoms with Crippen LogP contribution in [0.25, 0.3) is 0 Å². The predicted octanol–water partition coefficient (Wildman–Crippen LogP) is 2.91. The monoisotopic (exact) mass is 255 g/mol. The lowest BCUT2D eigenvalue weighted by atomic mass is 10.1. The number of carbonyl (C=O) groups excluding carboxylic acids is 1. The molecule has 0 atom stereocenters. The van der Waals surface area contributed by atoms with E-state index in [9.17, 15) is 4.79 Å². The molecule has 0 fully saturated rings. The van der Waals surface area contributed by atoms with Gasteiger partial charge in [-0.2, -0.15) is 0 Å². The van der Waals surface area contributed by atoms with Crippen molar-refractivity contribution < 1.29 is 4.79 Å². The summed E-state index contributed by atoms with van der Waals surface area (Å²) in [4.78, 5) is 17.3. The van der Waals surface area contributed by atoms with Crippen LogP contribution in [0.3, 0.4) is 0 Å². The number of aromatic amines is 1. The van der Waals surface area contributed by atoms with Gasteiger partial charge in [-0.15, -0.1) is 0 Å². The molecule has 19 heavy (non-hydrogen) atoms. The van der Waals surface area contributed by atoms with Crippen molar-refractivity contribution in [3.63, 3.8) is 0 Å². The molecule has 0 aliphatic carbocycles. The molecule has 0 spiro atoms. The summed E-state index contributed by atoms with van der Waals surface area (Å²) >= 11 is 0. The highest BCUT2D eigenvalue weighted by Gasteiger charge is 2.21. The molecule has 2 amide bonds. The molecule has 1 aromatic heterocycles. The van der Waals surface area contributed by atoms with Gasteiger partial charge in [0.1, 0.15) is 0 Å². The van der Waals surface area contributed by atoms with Gasteiger partial charge in [0, 0.05) is 37.1 Å². The number of nitrogens with zero attached hydrogens (tertiary/aromatic N) is 1. The number of H-pyrrole nitrogens is 1. The van der Waals surface area contributed by atoms with E-state index in [1.54, 1.807) is 0 Å². The third-order valence-corrected chi connectivity index (χ3v) is 3.48. The van der Waals surface area contributed by atoms with E-state index in [4.69, 9.17) is 0 Å². The molecule has 2 N–H and O–H groups in total. The normalized spacial score (nSPS) is 14.1. The zero-order valence-electron chi connectivity index (χ0n) is 10.9. The highest BCUT2D eigenvalue weighted by Crippen LogP contribution is 2.18. The molecule has 4 heteroatoms. The number of carbonyl (C=O) groups is 1. The summed E-state index contributed by atoms with van der Waals surface area (Å²) in [5.41, 5.74) is 4.46. The summed E-state index contributed by atoms with van der Waals surface area (Å²) in [6.45, 7) is 3.45. The molecule has 0 saturated heterocycles. The number of rotatable bonds is 1. The fourth-order valence-electron chi connectivity index (χ4n) is 2.45. The molecule has 3 rings (SSSR count). The third kappa shape index (κ3) is 2.47. The fraction of sp³-hybridized carbons (Fsp3) is 0.267. The van der Waals surface area contributed by atoms with Crippen LogP contribution >= 0.6 is 0 Å². The lowest BCUT2D eigenvalue weighted by molar-refractivity contribution is 0.206. The first kappa shape index (κ1) is 11.8. The van der Waals surface area contributed by atoms with Gasteiger partial charge in [0.2, 0.25) is 0 Å². The molecule has 0 saturated carbocycles. The van der Waals surface area contributed by atoms with E-state index in [1.807, 2.05) is 48.4 Å². The lowest BCUT2D eigenvalue weighted by Crippen LogP contribution is -2.38. The molecular weight excluding hydrogens is 238 g/mol. The Balaban J connectivity index is 1.69. The molecule has 0 radical (unpaired) electrons. The van der Waals surface area contributed by atoms with Crippen molar-refractivity contribution in [3.8, 4) is 0 Å². The Morgan fingerprint density at radius 1 is 1.37 bits per heavy atom. The van der Waals surface area contributed by atoms with Crippen LogP contribution in [-0.4, -0.2) is 22.5 Å². The summed E-state index contributed by atoms with van der Waals surface area (Å²) in [5.74, 6) is 0. The number of benzene rings is 1. The molecule has 1 aromatic carbocycles. The van der Waals surface area contributed by atoms with Crippen molar-refractivity contribution in [2.75, 3.05) is 11.9 Å². The Morgan fingerprint density at radius 2 is 2.26 bits per heavy atom. The van der Waals surface area contributed by atoms with Crippen LogP contribution in [-0.2, 0) is 13.0 Å². The number of urea groups is 1. The van der Waals surface area contributed by atoms with Crippen molar-refractivity contribution in [1.82, 2.24) is 9.88 Å². The number of anilines is 1. The van der Waals surface area contributed by atoms with E-state index < -0.39 is 0 Å². The Labute approximate surface area is 112 Å². The second kappa shape index (κ2) is 4.80. The number of amides is 2. The maximum absolute atomic E-state index is 12.2. The Morgan fingerprint density at radius 3 is 3.11 bits per heavy atom. The molecule has 1 aliphatic heterocycles. The number of hydrogen-bond acceptors (Lipinski definition) is 1. The second-order valence-electron chi connectivity index (χ2n) is 4.95. The smallest absolute Gasteiger partial charge is 0.322 e. The van der Waals surface area contributed by atoms with Crippen LogP contribution < -0.4 is 5.32 Å². The standard InChI is InChI=1S/C15H17N3O/c1-11-3-2-4-13(9-11)17-15(19)18-8-6-14-12(10-18)5-7-16-14/h2-5,7,9,16H,6,8,10H2,1H3,(H,17,19). The van der Waals surface area contributed by atoms with Crippen LogP contribution in [0.1, 0.15) is 16.8 Å².